The molecule has 0 unspecified atom stereocenters. The SMILES string of the molecule is C[C@@H](Oc1cc(-n2cnc3cc(-c4ccnc(NCCNC(=O)O)c4)ccc32)sc1C(N)=O)c1ccccc1C(F)(F)F. The zero-order valence-electron chi connectivity index (χ0n) is 22.6. The third-order valence-electron chi connectivity index (χ3n) is 6.50. The molecule has 43 heavy (non-hydrogen) atoms. The third kappa shape index (κ3) is 6.54. The maximum atomic E-state index is 13.6. The van der Waals surface area contributed by atoms with Gasteiger partial charge < -0.3 is 26.2 Å². The summed E-state index contributed by atoms with van der Waals surface area (Å²) in [7, 11) is 0. The van der Waals surface area contributed by atoms with E-state index < -0.39 is 29.8 Å². The molecule has 2 aromatic carbocycles. The van der Waals surface area contributed by atoms with Gasteiger partial charge in [-0.05, 0) is 48.4 Å². The van der Waals surface area contributed by atoms with Gasteiger partial charge in [-0.15, -0.1) is 11.3 Å². The predicted molar refractivity (Wildman–Crippen MR) is 156 cm³/mol. The second kappa shape index (κ2) is 12.0. The molecular weight excluding hydrogens is 585 g/mol. The van der Waals surface area contributed by atoms with Crippen LogP contribution < -0.4 is 21.1 Å². The topological polar surface area (TPSA) is 144 Å². The van der Waals surface area contributed by atoms with Crippen molar-refractivity contribution in [2.75, 3.05) is 18.4 Å². The van der Waals surface area contributed by atoms with Crippen molar-refractivity contribution in [2.45, 2.75) is 19.2 Å². The molecule has 10 nitrogen and oxygen atoms in total. The summed E-state index contributed by atoms with van der Waals surface area (Å²) in [6.07, 6.45) is -3.48. The number of hydrogen-bond donors (Lipinski definition) is 4. The van der Waals surface area contributed by atoms with Crippen molar-refractivity contribution in [3.8, 4) is 21.9 Å². The summed E-state index contributed by atoms with van der Waals surface area (Å²) < 4.78 is 48.3. The average molecular weight is 611 g/mol. The first-order chi connectivity index (χ1) is 20.5. The number of primary amides is 1. The minimum absolute atomic E-state index is 0.0647. The number of thiophene rings is 1. The number of halogens is 3. The number of amides is 2. The van der Waals surface area contributed by atoms with Gasteiger partial charge in [-0.3, -0.25) is 9.36 Å². The number of benzene rings is 2. The van der Waals surface area contributed by atoms with Crippen LogP contribution in [0.2, 0.25) is 0 Å². The van der Waals surface area contributed by atoms with E-state index in [1.165, 1.54) is 25.1 Å². The van der Waals surface area contributed by atoms with E-state index in [0.717, 1.165) is 34.0 Å². The van der Waals surface area contributed by atoms with Gasteiger partial charge in [0.25, 0.3) is 5.91 Å². The molecule has 5 N–H and O–H groups in total. The van der Waals surface area contributed by atoms with Gasteiger partial charge in [0.15, 0.2) is 0 Å². The van der Waals surface area contributed by atoms with Gasteiger partial charge in [-0.25, -0.2) is 14.8 Å². The molecular formula is C29H25F3N6O4S. The van der Waals surface area contributed by atoms with Crippen molar-refractivity contribution in [1.29, 1.82) is 0 Å². The number of carbonyl (C=O) groups is 2. The third-order valence-corrected chi connectivity index (χ3v) is 7.63. The number of fused-ring (bicyclic) bond motifs is 1. The minimum Gasteiger partial charge on any atom is -0.484 e. The summed E-state index contributed by atoms with van der Waals surface area (Å²) >= 11 is 1.04. The van der Waals surface area contributed by atoms with Crippen LogP contribution in [0.15, 0.2) is 73.2 Å². The molecule has 0 aliphatic carbocycles. The van der Waals surface area contributed by atoms with E-state index in [9.17, 15) is 22.8 Å². The Morgan fingerprint density at radius 2 is 1.84 bits per heavy atom. The molecule has 1 atom stereocenters. The number of ether oxygens (including phenoxy) is 1. The summed E-state index contributed by atoms with van der Waals surface area (Å²) in [6, 6.07) is 16.0. The van der Waals surface area contributed by atoms with Crippen LogP contribution in [0.25, 0.3) is 27.2 Å². The van der Waals surface area contributed by atoms with E-state index in [1.807, 2.05) is 30.3 Å². The second-order valence-electron chi connectivity index (χ2n) is 9.39. The molecule has 14 heteroatoms. The second-order valence-corrected chi connectivity index (χ2v) is 10.4. The van der Waals surface area contributed by atoms with Gasteiger partial charge >= 0.3 is 12.3 Å². The number of aromatic nitrogens is 3. The lowest BCUT2D eigenvalue weighted by atomic mass is 10.0. The summed E-state index contributed by atoms with van der Waals surface area (Å²) in [5.41, 5.74) is 7.81. The van der Waals surface area contributed by atoms with Gasteiger partial charge in [0.05, 0.1) is 16.6 Å². The Kier molecular flexibility index (Phi) is 8.21. The normalized spacial score (nSPS) is 12.2. The Labute approximate surface area is 247 Å². The van der Waals surface area contributed by atoms with Crippen molar-refractivity contribution in [2.24, 2.45) is 5.73 Å². The van der Waals surface area contributed by atoms with Crippen molar-refractivity contribution >= 4 is 40.2 Å². The first-order valence-electron chi connectivity index (χ1n) is 12.9. The highest BCUT2D eigenvalue weighted by Gasteiger charge is 2.35. The van der Waals surface area contributed by atoms with Crippen LogP contribution in [0.4, 0.5) is 23.8 Å². The maximum absolute atomic E-state index is 13.6. The molecule has 0 radical (unpaired) electrons. The first-order valence-corrected chi connectivity index (χ1v) is 13.7. The van der Waals surface area contributed by atoms with Crippen molar-refractivity contribution in [3.05, 3.63) is 89.2 Å². The van der Waals surface area contributed by atoms with Crippen molar-refractivity contribution < 1.29 is 32.6 Å². The number of rotatable bonds is 10. The Morgan fingerprint density at radius 3 is 2.58 bits per heavy atom. The molecule has 0 saturated heterocycles. The number of carbonyl (C=O) groups excluding carboxylic acids is 1. The van der Waals surface area contributed by atoms with Crippen molar-refractivity contribution in [1.82, 2.24) is 19.9 Å². The van der Waals surface area contributed by atoms with Crippen LogP contribution in [0.5, 0.6) is 5.75 Å². The monoisotopic (exact) mass is 610 g/mol. The number of imidazole rings is 1. The number of nitrogens with one attached hydrogen (secondary N) is 2. The Morgan fingerprint density at radius 1 is 1.07 bits per heavy atom. The molecule has 0 bridgehead atoms. The quantitative estimate of drug-likeness (QED) is 0.140. The zero-order chi connectivity index (χ0) is 30.7. The zero-order valence-corrected chi connectivity index (χ0v) is 23.4. The van der Waals surface area contributed by atoms with Crippen molar-refractivity contribution in [3.63, 3.8) is 0 Å². The number of nitrogens with two attached hydrogens (primary N) is 1. The first kappa shape index (κ1) is 29.4. The largest absolute Gasteiger partial charge is 0.484 e. The van der Waals surface area contributed by atoms with Crippen LogP contribution in [-0.4, -0.2) is 44.7 Å². The lowest BCUT2D eigenvalue weighted by molar-refractivity contribution is -0.139. The highest BCUT2D eigenvalue weighted by molar-refractivity contribution is 7.16. The minimum atomic E-state index is -4.57. The number of nitrogens with zero attached hydrogens (tertiary/aromatic N) is 3. The molecule has 222 valence electrons. The van der Waals surface area contributed by atoms with Crippen LogP contribution in [0.3, 0.4) is 0 Å². The lowest BCUT2D eigenvalue weighted by Crippen LogP contribution is -2.27. The molecule has 0 aliphatic heterocycles. The van der Waals surface area contributed by atoms with Gasteiger partial charge in [0, 0.05) is 30.9 Å². The Bertz CT molecular complexity index is 1800. The van der Waals surface area contributed by atoms with E-state index in [1.54, 1.807) is 23.2 Å². The standard InChI is InChI=1S/C29H25F3N6O4S/c1-16(19-4-2-3-5-20(19)29(30,31)32)42-23-14-25(43-26(23)27(33)39)38-15-37-21-12-17(6-7-22(21)38)18-8-9-34-24(13-18)35-10-11-36-28(40)41/h2-9,12-16,36H,10-11H2,1H3,(H2,33,39)(H,34,35)(H,40,41)/t16-/m1/s1. The Hall–Kier alpha value is -5.11. The molecule has 2 amide bonds. The lowest BCUT2D eigenvalue weighted by Gasteiger charge is -2.19. The van der Waals surface area contributed by atoms with E-state index in [2.05, 4.69) is 20.6 Å². The molecule has 0 fully saturated rings. The molecule has 5 aromatic rings. The molecule has 3 heterocycles. The fraction of sp³-hybridized carbons (Fsp3) is 0.172. The average Bonchev–Trinajstić information content (AvgIpc) is 3.59. The van der Waals surface area contributed by atoms with E-state index in [-0.39, 0.29) is 22.7 Å². The van der Waals surface area contributed by atoms with Gasteiger partial charge in [0.1, 0.15) is 33.9 Å². The molecule has 0 saturated carbocycles. The van der Waals surface area contributed by atoms with Gasteiger partial charge in [-0.2, -0.15) is 13.2 Å². The smallest absolute Gasteiger partial charge is 0.416 e. The summed E-state index contributed by atoms with van der Waals surface area (Å²) in [6.45, 7) is 2.06. The highest BCUT2D eigenvalue weighted by Crippen LogP contribution is 2.39. The number of alkyl halides is 3. The molecule has 5 rings (SSSR count). The number of carboxylic acid groups (broad SMARTS) is 1. The van der Waals surface area contributed by atoms with Crippen LogP contribution >= 0.6 is 11.3 Å². The maximum Gasteiger partial charge on any atom is 0.416 e. The fourth-order valence-electron chi connectivity index (χ4n) is 4.54. The van der Waals surface area contributed by atoms with E-state index in [4.69, 9.17) is 15.6 Å². The summed E-state index contributed by atoms with van der Waals surface area (Å²) in [5.74, 6) is -0.117. The fourth-order valence-corrected chi connectivity index (χ4v) is 5.47. The number of anilines is 1. The molecule has 3 aromatic heterocycles. The number of hydrogen-bond acceptors (Lipinski definition) is 7. The summed E-state index contributed by atoms with van der Waals surface area (Å²) in [4.78, 5) is 31.7. The van der Waals surface area contributed by atoms with Gasteiger partial charge in [-0.1, -0.05) is 24.3 Å². The Balaban J connectivity index is 1.40. The highest BCUT2D eigenvalue weighted by atomic mass is 32.1. The van der Waals surface area contributed by atoms with Crippen LogP contribution in [0.1, 0.15) is 33.8 Å². The summed E-state index contributed by atoms with van der Waals surface area (Å²) in [5, 5.41) is 14.6. The number of pyridine rings is 1. The predicted octanol–water partition coefficient (Wildman–Crippen LogP) is 6.09. The van der Waals surface area contributed by atoms with Gasteiger partial charge in [0.2, 0.25) is 0 Å². The molecule has 0 aliphatic rings. The van der Waals surface area contributed by atoms with E-state index >= 15 is 0 Å². The molecule has 0 spiro atoms. The van der Waals surface area contributed by atoms with Crippen LogP contribution in [0, 0.1) is 0 Å². The van der Waals surface area contributed by atoms with E-state index in [0.29, 0.717) is 22.9 Å². The van der Waals surface area contributed by atoms with Crippen LogP contribution in [-0.2, 0) is 6.18 Å².